The second kappa shape index (κ2) is 11.3. The van der Waals surface area contributed by atoms with Gasteiger partial charge in [0.05, 0.1) is 12.3 Å². The highest BCUT2D eigenvalue weighted by Gasteiger charge is 2.42. The number of rotatable bonds is 10. The Labute approximate surface area is 184 Å². The van der Waals surface area contributed by atoms with Crippen molar-refractivity contribution in [2.24, 2.45) is 5.92 Å². The van der Waals surface area contributed by atoms with Crippen LogP contribution in [0.15, 0.2) is 48.7 Å². The lowest BCUT2D eigenvalue weighted by molar-refractivity contribution is -0.143. The molecule has 5 nitrogen and oxygen atoms in total. The van der Waals surface area contributed by atoms with Crippen LogP contribution < -0.4 is 0 Å². The third-order valence-electron chi connectivity index (χ3n) is 6.18. The summed E-state index contributed by atoms with van der Waals surface area (Å²) in [6.07, 6.45) is 6.78. The molecule has 0 amide bonds. The van der Waals surface area contributed by atoms with Gasteiger partial charge < -0.3 is 14.7 Å². The van der Waals surface area contributed by atoms with Crippen LogP contribution in [-0.2, 0) is 15.1 Å². The van der Waals surface area contributed by atoms with Gasteiger partial charge in [0.25, 0.3) is 0 Å². The number of piperidine rings is 1. The second-order valence-corrected chi connectivity index (χ2v) is 8.22. The van der Waals surface area contributed by atoms with Crippen LogP contribution >= 0.6 is 0 Å². The van der Waals surface area contributed by atoms with Crippen molar-refractivity contribution < 1.29 is 19.0 Å². The summed E-state index contributed by atoms with van der Waals surface area (Å²) in [5.74, 6) is -0.421. The summed E-state index contributed by atoms with van der Waals surface area (Å²) < 4.78 is 18.5. The maximum absolute atomic E-state index is 13.5. The van der Waals surface area contributed by atoms with E-state index in [2.05, 4.69) is 9.88 Å². The van der Waals surface area contributed by atoms with Crippen LogP contribution in [-0.4, -0.2) is 47.2 Å². The molecule has 3 rings (SSSR count). The Morgan fingerprint density at radius 1 is 1.16 bits per heavy atom. The molecule has 0 saturated carbocycles. The van der Waals surface area contributed by atoms with Gasteiger partial charge in [0, 0.05) is 18.5 Å². The number of pyridine rings is 1. The zero-order chi connectivity index (χ0) is 22.1. The zero-order valence-corrected chi connectivity index (χ0v) is 18.3. The van der Waals surface area contributed by atoms with Gasteiger partial charge >= 0.3 is 5.97 Å². The average Bonchev–Trinajstić information content (AvgIpc) is 2.80. The normalized spacial score (nSPS) is 17.3. The molecule has 0 spiro atoms. The summed E-state index contributed by atoms with van der Waals surface area (Å²) in [5.41, 5.74) is 0.0600. The van der Waals surface area contributed by atoms with Crippen LogP contribution in [0.4, 0.5) is 4.39 Å². The first-order valence-corrected chi connectivity index (χ1v) is 11.3. The quantitative estimate of drug-likeness (QED) is 0.452. The molecule has 0 aliphatic carbocycles. The second-order valence-electron chi connectivity index (χ2n) is 8.22. The fraction of sp³-hybridized carbons (Fsp3) is 0.520. The van der Waals surface area contributed by atoms with E-state index in [0.29, 0.717) is 24.3 Å². The van der Waals surface area contributed by atoms with Crippen LogP contribution in [0.1, 0.15) is 56.7 Å². The van der Waals surface area contributed by atoms with E-state index in [9.17, 15) is 14.3 Å². The van der Waals surface area contributed by atoms with Gasteiger partial charge in [-0.25, -0.2) is 4.39 Å². The highest BCUT2D eigenvalue weighted by molar-refractivity contribution is 5.69. The maximum atomic E-state index is 13.5. The van der Waals surface area contributed by atoms with Gasteiger partial charge in [-0.3, -0.25) is 9.78 Å². The van der Waals surface area contributed by atoms with Crippen LogP contribution in [0, 0.1) is 11.7 Å². The molecule has 1 aliphatic rings. The number of likely N-dealkylation sites (tertiary alicyclic amines) is 1. The number of halogens is 1. The lowest BCUT2D eigenvalue weighted by atomic mass is 9.74. The van der Waals surface area contributed by atoms with E-state index in [1.54, 1.807) is 18.3 Å². The first-order chi connectivity index (χ1) is 15.0. The molecule has 1 N–H and O–H groups in total. The number of hydrogen-bond acceptors (Lipinski definition) is 5. The summed E-state index contributed by atoms with van der Waals surface area (Å²) in [5, 5.41) is 11.9. The molecule has 2 heterocycles. The monoisotopic (exact) mass is 428 g/mol. The minimum Gasteiger partial charge on any atom is -0.466 e. The van der Waals surface area contributed by atoms with Gasteiger partial charge in [0.1, 0.15) is 11.4 Å². The summed E-state index contributed by atoms with van der Waals surface area (Å²) in [7, 11) is 0. The van der Waals surface area contributed by atoms with E-state index in [4.69, 9.17) is 4.74 Å². The van der Waals surface area contributed by atoms with E-state index >= 15 is 0 Å². The molecule has 1 aromatic heterocycles. The lowest BCUT2D eigenvalue weighted by Crippen LogP contribution is -2.44. The predicted molar refractivity (Wildman–Crippen MR) is 118 cm³/mol. The number of ether oxygens (including phenoxy) is 1. The Morgan fingerprint density at radius 2 is 1.90 bits per heavy atom. The van der Waals surface area contributed by atoms with Gasteiger partial charge in [-0.15, -0.1) is 0 Å². The summed E-state index contributed by atoms with van der Waals surface area (Å²) in [6.45, 7) is 5.06. The Hall–Kier alpha value is -2.31. The molecule has 31 heavy (non-hydrogen) atoms. The third-order valence-corrected chi connectivity index (χ3v) is 6.18. The van der Waals surface area contributed by atoms with Gasteiger partial charge in [-0.2, -0.15) is 0 Å². The van der Waals surface area contributed by atoms with Crippen molar-refractivity contribution in [2.75, 3.05) is 26.2 Å². The number of esters is 1. The van der Waals surface area contributed by atoms with E-state index in [0.717, 1.165) is 51.7 Å². The summed E-state index contributed by atoms with van der Waals surface area (Å²) in [4.78, 5) is 18.3. The maximum Gasteiger partial charge on any atom is 0.305 e. The SMILES string of the molecule is CCOC(=O)CCCCCN1CCC(C(O)(c2ccc(F)cc2)c2ccccn2)CC1. The molecule has 1 unspecified atom stereocenters. The number of nitrogens with zero attached hydrogens (tertiary/aromatic N) is 2. The zero-order valence-electron chi connectivity index (χ0n) is 18.3. The Kier molecular flexibility index (Phi) is 8.55. The van der Waals surface area contributed by atoms with Gasteiger partial charge in [0.15, 0.2) is 0 Å². The van der Waals surface area contributed by atoms with Gasteiger partial charge in [-0.1, -0.05) is 24.6 Å². The van der Waals surface area contributed by atoms with Crippen LogP contribution in [0.3, 0.4) is 0 Å². The van der Waals surface area contributed by atoms with Crippen molar-refractivity contribution in [2.45, 2.75) is 51.0 Å². The number of unbranched alkanes of at least 4 members (excludes halogenated alkanes) is 2. The molecule has 1 atom stereocenters. The van der Waals surface area contributed by atoms with Crippen molar-refractivity contribution in [3.8, 4) is 0 Å². The Morgan fingerprint density at radius 3 is 2.55 bits per heavy atom. The van der Waals surface area contributed by atoms with E-state index < -0.39 is 5.60 Å². The molecule has 6 heteroatoms. The van der Waals surface area contributed by atoms with E-state index in [-0.39, 0.29) is 17.7 Å². The molecule has 1 aromatic carbocycles. The minimum atomic E-state index is -1.24. The standard InChI is InChI=1S/C25H33FN2O3/c1-2-31-24(29)9-4-3-7-17-28-18-14-21(15-19-28)25(30,23-8-5-6-16-27-23)20-10-12-22(26)13-11-20/h5-6,8,10-13,16,21,30H,2-4,7,9,14-15,17-19H2,1H3. The third kappa shape index (κ3) is 6.11. The van der Waals surface area contributed by atoms with E-state index in [1.165, 1.54) is 12.1 Å². The van der Waals surface area contributed by atoms with Crippen molar-refractivity contribution in [3.63, 3.8) is 0 Å². The Balaban J connectivity index is 1.56. The summed E-state index contributed by atoms with van der Waals surface area (Å²) >= 11 is 0. The molecule has 2 aromatic rings. The van der Waals surface area contributed by atoms with Crippen LogP contribution in [0.25, 0.3) is 0 Å². The molecular weight excluding hydrogens is 395 g/mol. The molecule has 1 saturated heterocycles. The van der Waals surface area contributed by atoms with E-state index in [1.807, 2.05) is 25.1 Å². The van der Waals surface area contributed by atoms with Crippen molar-refractivity contribution in [1.82, 2.24) is 9.88 Å². The number of carbonyl (C=O) groups is 1. The first kappa shape index (κ1) is 23.4. The predicted octanol–water partition coefficient (Wildman–Crippen LogP) is 4.29. The number of aliphatic hydroxyl groups is 1. The molecule has 0 radical (unpaired) electrons. The molecule has 0 bridgehead atoms. The van der Waals surface area contributed by atoms with Gasteiger partial charge in [0.2, 0.25) is 0 Å². The Bertz CT molecular complexity index is 807. The molecular formula is C25H33FN2O3. The smallest absolute Gasteiger partial charge is 0.305 e. The van der Waals surface area contributed by atoms with Crippen LogP contribution in [0.2, 0.25) is 0 Å². The fourth-order valence-electron chi connectivity index (χ4n) is 4.47. The number of hydrogen-bond donors (Lipinski definition) is 1. The largest absolute Gasteiger partial charge is 0.466 e. The topological polar surface area (TPSA) is 62.7 Å². The first-order valence-electron chi connectivity index (χ1n) is 11.3. The molecule has 168 valence electrons. The lowest BCUT2D eigenvalue weighted by Gasteiger charge is -2.41. The summed E-state index contributed by atoms with van der Waals surface area (Å²) in [6, 6.07) is 11.7. The number of aromatic nitrogens is 1. The highest BCUT2D eigenvalue weighted by Crippen LogP contribution is 2.41. The molecule has 1 fully saturated rings. The van der Waals surface area contributed by atoms with Crippen molar-refractivity contribution >= 4 is 5.97 Å². The fourth-order valence-corrected chi connectivity index (χ4v) is 4.47. The van der Waals surface area contributed by atoms with Gasteiger partial charge in [-0.05, 0) is 82.1 Å². The number of carbonyl (C=O) groups excluding carboxylic acids is 1. The van der Waals surface area contributed by atoms with Crippen molar-refractivity contribution in [1.29, 1.82) is 0 Å². The van der Waals surface area contributed by atoms with Crippen molar-refractivity contribution in [3.05, 3.63) is 65.7 Å². The average molecular weight is 429 g/mol. The number of benzene rings is 1. The molecule has 1 aliphatic heterocycles. The van der Waals surface area contributed by atoms with Crippen LogP contribution in [0.5, 0.6) is 0 Å². The minimum absolute atomic E-state index is 0.00734. The highest BCUT2D eigenvalue weighted by atomic mass is 19.1.